The van der Waals surface area contributed by atoms with Crippen molar-refractivity contribution in [2.75, 3.05) is 39.4 Å². The molecule has 2 fully saturated rings. The molecule has 84 valence electrons. The summed E-state index contributed by atoms with van der Waals surface area (Å²) < 4.78 is 5.37. The first kappa shape index (κ1) is 10.4. The molecule has 0 aromatic carbocycles. The van der Waals surface area contributed by atoms with E-state index in [0.29, 0.717) is 19.8 Å². The normalized spacial score (nSPS) is 27.7. The average molecular weight is 213 g/mol. The van der Waals surface area contributed by atoms with Crippen LogP contribution in [0.2, 0.25) is 0 Å². The minimum absolute atomic E-state index is 0.176. The summed E-state index contributed by atoms with van der Waals surface area (Å²) in [5.74, 6) is 0.0478. The fourth-order valence-electron chi connectivity index (χ4n) is 1.82. The lowest BCUT2D eigenvalue weighted by atomic mass is 10.1. The maximum absolute atomic E-state index is 11.3. The molecule has 6 nitrogen and oxygen atoms in total. The van der Waals surface area contributed by atoms with Crippen molar-refractivity contribution in [1.82, 2.24) is 15.5 Å². The summed E-state index contributed by atoms with van der Waals surface area (Å²) >= 11 is 0. The van der Waals surface area contributed by atoms with Crippen LogP contribution in [0.1, 0.15) is 0 Å². The largest absolute Gasteiger partial charge is 0.380 e. The Balaban J connectivity index is 1.84. The number of hydrogen-bond acceptors (Lipinski definition) is 4. The van der Waals surface area contributed by atoms with Gasteiger partial charge in [0.1, 0.15) is 6.54 Å². The second-order valence-corrected chi connectivity index (χ2v) is 3.88. The van der Waals surface area contributed by atoms with Crippen LogP contribution in [0.25, 0.3) is 0 Å². The quantitative estimate of drug-likeness (QED) is 0.564. The number of carbonyl (C=O) groups excluding carboxylic acids is 2. The summed E-state index contributed by atoms with van der Waals surface area (Å²) in [5.41, 5.74) is 0. The van der Waals surface area contributed by atoms with Gasteiger partial charge in [-0.1, -0.05) is 0 Å². The molecule has 2 aliphatic heterocycles. The zero-order chi connectivity index (χ0) is 10.7. The van der Waals surface area contributed by atoms with Gasteiger partial charge in [-0.25, -0.2) is 4.79 Å². The van der Waals surface area contributed by atoms with E-state index in [9.17, 15) is 9.59 Å². The first-order valence-electron chi connectivity index (χ1n) is 5.13. The zero-order valence-corrected chi connectivity index (χ0v) is 8.49. The van der Waals surface area contributed by atoms with Crippen molar-refractivity contribution in [1.29, 1.82) is 0 Å². The van der Waals surface area contributed by atoms with Gasteiger partial charge in [0.15, 0.2) is 0 Å². The monoisotopic (exact) mass is 213 g/mol. The molecule has 3 amide bonds. The average Bonchev–Trinajstić information content (AvgIpc) is 2.44. The minimum Gasteiger partial charge on any atom is -0.380 e. The number of hydrogen-bond donors (Lipinski definition) is 2. The maximum Gasteiger partial charge on any atom is 0.324 e. The Morgan fingerprint density at radius 3 is 3.07 bits per heavy atom. The highest BCUT2D eigenvalue weighted by molar-refractivity contribution is 6.01. The standard InChI is InChI=1S/C9H15N3O3/c13-8-5-12(9(14)11-8)4-7-3-10-1-2-15-6-7/h7,10H,1-6H2,(H,11,13,14). The zero-order valence-electron chi connectivity index (χ0n) is 8.49. The molecule has 6 heteroatoms. The second kappa shape index (κ2) is 4.59. The Bertz CT molecular complexity index is 261. The van der Waals surface area contributed by atoms with Gasteiger partial charge in [-0.3, -0.25) is 10.1 Å². The molecule has 0 bridgehead atoms. The third-order valence-corrected chi connectivity index (χ3v) is 2.56. The highest BCUT2D eigenvalue weighted by Gasteiger charge is 2.28. The SMILES string of the molecule is O=C1CN(CC2CNCCOC2)C(=O)N1. The van der Waals surface area contributed by atoms with Crippen LogP contribution in [0.15, 0.2) is 0 Å². The van der Waals surface area contributed by atoms with E-state index in [1.807, 2.05) is 0 Å². The van der Waals surface area contributed by atoms with Gasteiger partial charge in [0, 0.05) is 25.6 Å². The second-order valence-electron chi connectivity index (χ2n) is 3.88. The van der Waals surface area contributed by atoms with Crippen LogP contribution in [-0.4, -0.2) is 56.2 Å². The summed E-state index contributed by atoms with van der Waals surface area (Å²) in [6, 6.07) is -0.288. The van der Waals surface area contributed by atoms with E-state index in [-0.39, 0.29) is 24.4 Å². The fraction of sp³-hybridized carbons (Fsp3) is 0.778. The Morgan fingerprint density at radius 2 is 2.33 bits per heavy atom. The summed E-state index contributed by atoms with van der Waals surface area (Å²) in [6.07, 6.45) is 0. The first-order valence-corrected chi connectivity index (χ1v) is 5.13. The smallest absolute Gasteiger partial charge is 0.324 e. The molecule has 0 aromatic rings. The molecule has 15 heavy (non-hydrogen) atoms. The van der Waals surface area contributed by atoms with Crippen molar-refractivity contribution >= 4 is 11.9 Å². The van der Waals surface area contributed by atoms with Gasteiger partial charge in [0.25, 0.3) is 0 Å². The number of carbonyl (C=O) groups is 2. The van der Waals surface area contributed by atoms with E-state index < -0.39 is 0 Å². The van der Waals surface area contributed by atoms with Gasteiger partial charge in [-0.2, -0.15) is 0 Å². The lowest BCUT2D eigenvalue weighted by molar-refractivity contribution is -0.118. The van der Waals surface area contributed by atoms with E-state index in [4.69, 9.17) is 4.74 Å². The van der Waals surface area contributed by atoms with Crippen LogP contribution in [0.3, 0.4) is 0 Å². The summed E-state index contributed by atoms with van der Waals surface area (Å²) in [5, 5.41) is 5.49. The van der Waals surface area contributed by atoms with Gasteiger partial charge in [0.2, 0.25) is 5.91 Å². The molecule has 0 radical (unpaired) electrons. The van der Waals surface area contributed by atoms with E-state index in [0.717, 1.165) is 13.1 Å². The van der Waals surface area contributed by atoms with Gasteiger partial charge >= 0.3 is 6.03 Å². The number of amides is 3. The number of ether oxygens (including phenoxy) is 1. The molecule has 2 saturated heterocycles. The van der Waals surface area contributed by atoms with Crippen molar-refractivity contribution in [3.63, 3.8) is 0 Å². The Kier molecular flexibility index (Phi) is 3.17. The number of urea groups is 1. The molecule has 2 rings (SSSR count). The molecular weight excluding hydrogens is 198 g/mol. The first-order chi connectivity index (χ1) is 7.25. The lowest BCUT2D eigenvalue weighted by Gasteiger charge is -2.20. The Labute approximate surface area is 87.9 Å². The molecule has 1 unspecified atom stereocenters. The van der Waals surface area contributed by atoms with Gasteiger partial charge in [-0.15, -0.1) is 0 Å². The van der Waals surface area contributed by atoms with Crippen molar-refractivity contribution < 1.29 is 14.3 Å². The summed E-state index contributed by atoms with van der Waals surface area (Å²) in [4.78, 5) is 23.8. The molecule has 2 heterocycles. The van der Waals surface area contributed by atoms with Gasteiger partial charge in [0.05, 0.1) is 13.2 Å². The molecule has 0 spiro atoms. The van der Waals surface area contributed by atoms with Gasteiger partial charge in [-0.05, 0) is 0 Å². The number of nitrogens with one attached hydrogen (secondary N) is 2. The topological polar surface area (TPSA) is 70.7 Å². The van der Waals surface area contributed by atoms with Crippen LogP contribution in [0, 0.1) is 5.92 Å². The van der Waals surface area contributed by atoms with Crippen LogP contribution in [-0.2, 0) is 9.53 Å². The lowest BCUT2D eigenvalue weighted by Crippen LogP contribution is -2.37. The predicted octanol–water partition coefficient (Wildman–Crippen LogP) is -1.23. The number of rotatable bonds is 2. The highest BCUT2D eigenvalue weighted by atomic mass is 16.5. The third-order valence-electron chi connectivity index (χ3n) is 2.56. The van der Waals surface area contributed by atoms with Crippen molar-refractivity contribution in [3.8, 4) is 0 Å². The van der Waals surface area contributed by atoms with Crippen LogP contribution >= 0.6 is 0 Å². The Morgan fingerprint density at radius 1 is 1.47 bits per heavy atom. The summed E-state index contributed by atoms with van der Waals surface area (Å²) in [7, 11) is 0. The third kappa shape index (κ3) is 2.66. The van der Waals surface area contributed by atoms with Crippen LogP contribution < -0.4 is 10.6 Å². The molecule has 2 aliphatic rings. The molecule has 0 aromatic heterocycles. The van der Waals surface area contributed by atoms with Crippen molar-refractivity contribution in [2.24, 2.45) is 5.92 Å². The van der Waals surface area contributed by atoms with Crippen LogP contribution in [0.4, 0.5) is 4.79 Å². The minimum atomic E-state index is -0.288. The van der Waals surface area contributed by atoms with Crippen LogP contribution in [0.5, 0.6) is 0 Å². The summed E-state index contributed by atoms with van der Waals surface area (Å²) in [6.45, 7) is 3.78. The highest BCUT2D eigenvalue weighted by Crippen LogP contribution is 2.06. The van der Waals surface area contributed by atoms with Crippen molar-refractivity contribution in [2.45, 2.75) is 0 Å². The van der Waals surface area contributed by atoms with E-state index in [2.05, 4.69) is 10.6 Å². The molecule has 2 N–H and O–H groups in total. The predicted molar refractivity (Wildman–Crippen MR) is 52.3 cm³/mol. The molecule has 0 saturated carbocycles. The molecular formula is C9H15N3O3. The van der Waals surface area contributed by atoms with E-state index in [1.54, 1.807) is 0 Å². The molecule has 0 aliphatic carbocycles. The van der Waals surface area contributed by atoms with E-state index in [1.165, 1.54) is 4.90 Å². The molecule has 1 atom stereocenters. The maximum atomic E-state index is 11.3. The number of imide groups is 1. The Hall–Kier alpha value is -1.14. The van der Waals surface area contributed by atoms with Gasteiger partial charge < -0.3 is 15.0 Å². The van der Waals surface area contributed by atoms with E-state index >= 15 is 0 Å². The number of nitrogens with zero attached hydrogens (tertiary/aromatic N) is 1. The fourth-order valence-corrected chi connectivity index (χ4v) is 1.82. The van der Waals surface area contributed by atoms with Crippen molar-refractivity contribution in [3.05, 3.63) is 0 Å².